The monoisotopic (exact) mass is 508 g/mol. The summed E-state index contributed by atoms with van der Waals surface area (Å²) < 4.78 is 29.3. The summed E-state index contributed by atoms with van der Waals surface area (Å²) in [5, 5.41) is 0. The molecule has 0 N–H and O–H groups in total. The molecule has 0 radical (unpaired) electrons. The maximum absolute atomic E-state index is 12.9. The van der Waals surface area contributed by atoms with E-state index >= 15 is 0 Å². The van der Waals surface area contributed by atoms with E-state index in [2.05, 4.69) is 15.9 Å². The van der Waals surface area contributed by atoms with Crippen LogP contribution in [-0.4, -0.2) is 19.7 Å². The fourth-order valence-corrected chi connectivity index (χ4v) is 4.48. The molecule has 0 amide bonds. The van der Waals surface area contributed by atoms with Crippen LogP contribution in [-0.2, 0) is 18.0 Å². The smallest absolute Gasteiger partial charge is 0.231 e. The molecule has 2 heterocycles. The summed E-state index contributed by atoms with van der Waals surface area (Å²) in [5.41, 5.74) is 4.00. The lowest BCUT2D eigenvalue weighted by molar-refractivity contribution is -0.0176. The molecule has 0 aromatic heterocycles. The molecule has 0 fully saturated rings. The first kappa shape index (κ1) is 21.6. The second kappa shape index (κ2) is 8.92. The first-order valence-electron chi connectivity index (χ1n) is 10.4. The third-order valence-electron chi connectivity index (χ3n) is 5.56. The van der Waals surface area contributed by atoms with E-state index in [9.17, 15) is 4.79 Å². The quantitative estimate of drug-likeness (QED) is 0.404. The number of ether oxygens (including phenoxy) is 5. The first-order chi connectivity index (χ1) is 16.0. The summed E-state index contributed by atoms with van der Waals surface area (Å²) in [6, 6.07) is 15.0. The van der Waals surface area contributed by atoms with Gasteiger partial charge in [0.15, 0.2) is 12.6 Å². The Hall–Kier alpha value is -3.29. The van der Waals surface area contributed by atoms with Crippen molar-refractivity contribution in [3.05, 3.63) is 86.6 Å². The van der Waals surface area contributed by atoms with Crippen molar-refractivity contribution in [3.63, 3.8) is 0 Å². The molecule has 0 saturated heterocycles. The molecule has 33 heavy (non-hydrogen) atoms. The summed E-state index contributed by atoms with van der Waals surface area (Å²) in [6.45, 7) is 2.91. The molecule has 2 aliphatic rings. The summed E-state index contributed by atoms with van der Waals surface area (Å²) >= 11 is 3.53. The van der Waals surface area contributed by atoms with E-state index in [4.69, 9.17) is 23.7 Å². The van der Waals surface area contributed by atoms with Gasteiger partial charge in [-0.3, -0.25) is 4.79 Å². The largest absolute Gasteiger partial charge is 0.497 e. The Balaban J connectivity index is 1.39. The van der Waals surface area contributed by atoms with Crippen molar-refractivity contribution in [3.8, 4) is 23.0 Å². The van der Waals surface area contributed by atoms with Crippen molar-refractivity contribution in [1.82, 2.24) is 0 Å². The molecule has 3 aromatic rings. The number of benzene rings is 3. The fraction of sp³-hybridized carbons (Fsp3) is 0.192. The number of hydrogen-bond acceptors (Lipinski definition) is 6. The van der Waals surface area contributed by atoms with Gasteiger partial charge in [0, 0.05) is 21.2 Å². The number of Topliss-reactive ketones (excluding diaryl/α,β-unsaturated/α-hetero) is 1. The highest BCUT2D eigenvalue weighted by Gasteiger charge is 2.30. The topological polar surface area (TPSA) is 63.2 Å². The molecule has 0 spiro atoms. The zero-order valence-electron chi connectivity index (χ0n) is 18.1. The minimum absolute atomic E-state index is 0.156. The van der Waals surface area contributed by atoms with E-state index in [1.165, 1.54) is 0 Å². The van der Waals surface area contributed by atoms with Crippen molar-refractivity contribution in [2.75, 3.05) is 13.9 Å². The number of hydrogen-bond donors (Lipinski definition) is 0. The molecule has 3 aromatic carbocycles. The summed E-state index contributed by atoms with van der Waals surface area (Å²) in [6.07, 6.45) is 1.72. The highest BCUT2D eigenvalue weighted by Crippen LogP contribution is 2.40. The van der Waals surface area contributed by atoms with Gasteiger partial charge in [0.2, 0.25) is 5.78 Å². The van der Waals surface area contributed by atoms with Crippen LogP contribution in [0.5, 0.6) is 23.0 Å². The van der Waals surface area contributed by atoms with Crippen LogP contribution in [0.15, 0.2) is 58.8 Å². The van der Waals surface area contributed by atoms with Crippen LogP contribution in [0.4, 0.5) is 0 Å². The second-order valence-corrected chi connectivity index (χ2v) is 8.65. The highest BCUT2D eigenvalue weighted by atomic mass is 79.9. The van der Waals surface area contributed by atoms with Crippen LogP contribution in [0.3, 0.4) is 0 Å². The van der Waals surface area contributed by atoms with Gasteiger partial charge < -0.3 is 23.7 Å². The van der Waals surface area contributed by atoms with E-state index < -0.39 is 0 Å². The van der Waals surface area contributed by atoms with Gasteiger partial charge in [0.05, 0.1) is 19.3 Å². The molecular formula is C26H21BrO6. The van der Waals surface area contributed by atoms with Crippen molar-refractivity contribution in [2.24, 2.45) is 0 Å². The molecule has 0 aliphatic carbocycles. The van der Waals surface area contributed by atoms with E-state index in [0.717, 1.165) is 32.5 Å². The van der Waals surface area contributed by atoms with Crippen LogP contribution in [0.25, 0.3) is 6.08 Å². The molecule has 0 unspecified atom stereocenters. The summed E-state index contributed by atoms with van der Waals surface area (Å²) in [5.74, 6) is 2.78. The Morgan fingerprint density at radius 2 is 2.00 bits per heavy atom. The van der Waals surface area contributed by atoms with Gasteiger partial charge in [0.1, 0.15) is 29.6 Å². The third kappa shape index (κ3) is 4.21. The van der Waals surface area contributed by atoms with Crippen LogP contribution >= 0.6 is 15.9 Å². The molecular weight excluding hydrogens is 488 g/mol. The molecule has 0 saturated carbocycles. The zero-order chi connectivity index (χ0) is 22.9. The third-order valence-corrected chi connectivity index (χ3v) is 6.02. The Bertz CT molecular complexity index is 1280. The first-order valence-corrected chi connectivity index (χ1v) is 11.2. The van der Waals surface area contributed by atoms with Gasteiger partial charge >= 0.3 is 0 Å². The number of methoxy groups -OCH3 is 1. The van der Waals surface area contributed by atoms with Gasteiger partial charge in [-0.1, -0.05) is 28.1 Å². The molecule has 6 nitrogen and oxygen atoms in total. The Morgan fingerprint density at radius 3 is 2.85 bits per heavy atom. The van der Waals surface area contributed by atoms with Crippen molar-refractivity contribution >= 4 is 27.8 Å². The van der Waals surface area contributed by atoms with E-state index in [-0.39, 0.29) is 18.3 Å². The lowest BCUT2D eigenvalue weighted by Crippen LogP contribution is -2.14. The highest BCUT2D eigenvalue weighted by molar-refractivity contribution is 9.10. The van der Waals surface area contributed by atoms with Crippen LogP contribution in [0.1, 0.15) is 32.6 Å². The average Bonchev–Trinajstić information content (AvgIpc) is 3.14. The SMILES string of the molecule is COc1cccc(/C=C2\Oc3c(ccc(OCc4cc(Br)cc5c4OCOC5)c3C)C2=O)c1. The van der Waals surface area contributed by atoms with Gasteiger partial charge in [0.25, 0.3) is 0 Å². The van der Waals surface area contributed by atoms with Gasteiger partial charge in [-0.15, -0.1) is 0 Å². The van der Waals surface area contributed by atoms with Crippen molar-refractivity contribution in [2.45, 2.75) is 20.1 Å². The number of carbonyl (C=O) groups excluding carboxylic acids is 1. The Morgan fingerprint density at radius 1 is 1.12 bits per heavy atom. The van der Waals surface area contributed by atoms with Crippen molar-refractivity contribution < 1.29 is 28.5 Å². The van der Waals surface area contributed by atoms with E-state index in [1.807, 2.05) is 43.3 Å². The maximum Gasteiger partial charge on any atom is 0.231 e. The standard InChI is InChI=1S/C26H21BrO6/c1-15-22(31-13-18-11-19(27)10-17-12-30-14-32-26(17)18)7-6-21-24(28)23(33-25(15)21)9-16-4-3-5-20(8-16)29-2/h3-11H,12-14H2,1-2H3/b23-9-. The second-order valence-electron chi connectivity index (χ2n) is 7.73. The fourth-order valence-electron chi connectivity index (χ4n) is 3.93. The summed E-state index contributed by atoms with van der Waals surface area (Å²) in [7, 11) is 1.61. The van der Waals surface area contributed by atoms with Crippen LogP contribution in [0.2, 0.25) is 0 Å². The Labute approximate surface area is 199 Å². The number of allylic oxidation sites excluding steroid dienone is 1. The molecule has 7 heteroatoms. The predicted molar refractivity (Wildman–Crippen MR) is 126 cm³/mol. The molecule has 168 valence electrons. The minimum atomic E-state index is -0.156. The number of rotatable bonds is 5. The van der Waals surface area contributed by atoms with Gasteiger partial charge in [-0.2, -0.15) is 0 Å². The van der Waals surface area contributed by atoms with Gasteiger partial charge in [-0.05, 0) is 55.0 Å². The van der Waals surface area contributed by atoms with Crippen LogP contribution in [0, 0.1) is 6.92 Å². The zero-order valence-corrected chi connectivity index (χ0v) is 19.7. The lowest BCUT2D eigenvalue weighted by Gasteiger charge is -2.21. The van der Waals surface area contributed by atoms with Gasteiger partial charge in [-0.25, -0.2) is 0 Å². The average molecular weight is 509 g/mol. The molecule has 0 bridgehead atoms. The molecule has 5 rings (SSSR count). The van der Waals surface area contributed by atoms with Crippen molar-refractivity contribution in [1.29, 1.82) is 0 Å². The Kier molecular flexibility index (Phi) is 5.83. The summed E-state index contributed by atoms with van der Waals surface area (Å²) in [4.78, 5) is 12.9. The number of ketones is 1. The molecule has 0 atom stereocenters. The minimum Gasteiger partial charge on any atom is -0.497 e. The number of fused-ring (bicyclic) bond motifs is 2. The van der Waals surface area contributed by atoms with Crippen LogP contribution < -0.4 is 18.9 Å². The number of halogens is 1. The van der Waals surface area contributed by atoms with E-state index in [1.54, 1.807) is 25.3 Å². The lowest BCUT2D eigenvalue weighted by atomic mass is 10.1. The number of carbonyl (C=O) groups is 1. The van der Waals surface area contributed by atoms with E-state index in [0.29, 0.717) is 36.0 Å². The molecule has 2 aliphatic heterocycles. The maximum atomic E-state index is 12.9. The predicted octanol–water partition coefficient (Wildman–Crippen LogP) is 5.83. The normalized spacial score (nSPS) is 15.5.